The molecule has 1 amide bonds. The van der Waals surface area contributed by atoms with E-state index in [2.05, 4.69) is 0 Å². The Morgan fingerprint density at radius 3 is 3.05 bits per heavy atom. The topological polar surface area (TPSA) is 38.8 Å². The van der Waals surface area contributed by atoms with Gasteiger partial charge in [0.25, 0.3) is 0 Å². The van der Waals surface area contributed by atoms with Gasteiger partial charge >= 0.3 is 0 Å². The summed E-state index contributed by atoms with van der Waals surface area (Å²) in [5.41, 5.74) is 0.487. The molecule has 0 N–H and O–H groups in total. The van der Waals surface area contributed by atoms with Crippen molar-refractivity contribution >= 4 is 5.91 Å². The van der Waals surface area contributed by atoms with Crippen LogP contribution < -0.4 is 0 Å². The first kappa shape index (κ1) is 15.4. The Morgan fingerprint density at radius 2 is 2.36 bits per heavy atom. The van der Waals surface area contributed by atoms with E-state index in [0.717, 1.165) is 25.9 Å². The number of carbonyl (C=O) groups excluding carboxylic acids is 1. The molecule has 2 aliphatic heterocycles. The molecule has 5 heteroatoms. The van der Waals surface area contributed by atoms with Gasteiger partial charge in [0.1, 0.15) is 11.9 Å². The van der Waals surface area contributed by atoms with E-state index in [1.165, 1.54) is 12.1 Å². The second-order valence-corrected chi connectivity index (χ2v) is 6.14. The molecule has 2 heterocycles. The molecular weight excluding hydrogens is 285 g/mol. The number of hydrogen-bond acceptors (Lipinski definition) is 3. The minimum atomic E-state index is -0.308. The lowest BCUT2D eigenvalue weighted by Crippen LogP contribution is -2.57. The number of methoxy groups -OCH3 is 1. The second-order valence-electron chi connectivity index (χ2n) is 6.14. The van der Waals surface area contributed by atoms with Crippen molar-refractivity contribution in [2.24, 2.45) is 0 Å². The first-order chi connectivity index (χ1) is 10.6. The van der Waals surface area contributed by atoms with E-state index >= 15 is 0 Å². The van der Waals surface area contributed by atoms with Crippen LogP contribution in [-0.4, -0.2) is 49.3 Å². The molecule has 1 spiro atoms. The number of halogens is 1. The lowest BCUT2D eigenvalue weighted by molar-refractivity contribution is -0.158. The van der Waals surface area contributed by atoms with E-state index in [-0.39, 0.29) is 29.9 Å². The van der Waals surface area contributed by atoms with Gasteiger partial charge in [-0.1, -0.05) is 12.1 Å². The largest absolute Gasteiger partial charge is 0.377 e. The Hall–Kier alpha value is -1.46. The number of hydrogen-bond donors (Lipinski definition) is 0. The minimum Gasteiger partial charge on any atom is -0.377 e. The van der Waals surface area contributed by atoms with Gasteiger partial charge < -0.3 is 14.4 Å². The van der Waals surface area contributed by atoms with Crippen molar-refractivity contribution in [3.05, 3.63) is 35.6 Å². The fourth-order valence-electron chi connectivity index (χ4n) is 3.56. The third-order valence-corrected chi connectivity index (χ3v) is 4.79. The standard InChI is InChI=1S/C17H22FNO3/c1-21-15-12-19(8-7-17(15)6-3-9-22-17)16(20)11-13-4-2-5-14(18)10-13/h2,4-5,10,15H,3,6-9,11-12H2,1H3/t15-,17-/m0/s1. The predicted octanol–water partition coefficient (Wildman–Crippen LogP) is 2.16. The van der Waals surface area contributed by atoms with Crippen molar-refractivity contribution in [3.63, 3.8) is 0 Å². The number of likely N-dealkylation sites (tertiary alicyclic amines) is 1. The van der Waals surface area contributed by atoms with Crippen LogP contribution in [0.15, 0.2) is 24.3 Å². The molecular formula is C17H22FNO3. The SMILES string of the molecule is CO[C@H]1CN(C(=O)Cc2cccc(F)c2)CC[C@@]12CCCO2. The normalized spacial score (nSPS) is 28.3. The van der Waals surface area contributed by atoms with Crippen molar-refractivity contribution in [2.45, 2.75) is 37.4 Å². The van der Waals surface area contributed by atoms with Crippen molar-refractivity contribution < 1.29 is 18.7 Å². The fourth-order valence-corrected chi connectivity index (χ4v) is 3.56. The third-order valence-electron chi connectivity index (χ3n) is 4.79. The van der Waals surface area contributed by atoms with Crippen LogP contribution in [0.25, 0.3) is 0 Å². The number of ether oxygens (including phenoxy) is 2. The second kappa shape index (κ2) is 6.34. The summed E-state index contributed by atoms with van der Waals surface area (Å²) in [5.74, 6) is -0.294. The van der Waals surface area contributed by atoms with Gasteiger partial charge in [-0.25, -0.2) is 4.39 Å². The maximum atomic E-state index is 13.2. The minimum absolute atomic E-state index is 0.0143. The zero-order valence-corrected chi connectivity index (χ0v) is 12.9. The van der Waals surface area contributed by atoms with E-state index < -0.39 is 0 Å². The zero-order valence-electron chi connectivity index (χ0n) is 12.9. The van der Waals surface area contributed by atoms with Gasteiger partial charge in [-0.3, -0.25) is 4.79 Å². The lowest BCUT2D eigenvalue weighted by Gasteiger charge is -2.44. The highest BCUT2D eigenvalue weighted by Gasteiger charge is 2.47. The van der Waals surface area contributed by atoms with Crippen LogP contribution in [-0.2, 0) is 20.7 Å². The van der Waals surface area contributed by atoms with Gasteiger partial charge in [-0.05, 0) is 37.0 Å². The maximum absolute atomic E-state index is 13.2. The van der Waals surface area contributed by atoms with Gasteiger partial charge in [0.2, 0.25) is 5.91 Å². The summed E-state index contributed by atoms with van der Waals surface area (Å²) in [4.78, 5) is 14.3. The summed E-state index contributed by atoms with van der Waals surface area (Å²) in [6, 6.07) is 6.21. The van der Waals surface area contributed by atoms with Gasteiger partial charge in [0.15, 0.2) is 0 Å². The predicted molar refractivity (Wildman–Crippen MR) is 80.0 cm³/mol. The lowest BCUT2D eigenvalue weighted by atomic mass is 9.85. The average Bonchev–Trinajstić information content (AvgIpc) is 2.97. The Kier molecular flexibility index (Phi) is 4.45. The van der Waals surface area contributed by atoms with E-state index in [1.54, 1.807) is 19.2 Å². The number of rotatable bonds is 3. The smallest absolute Gasteiger partial charge is 0.227 e. The molecule has 0 aliphatic carbocycles. The molecule has 2 aliphatic rings. The Morgan fingerprint density at radius 1 is 1.50 bits per heavy atom. The van der Waals surface area contributed by atoms with Gasteiger partial charge in [0, 0.05) is 26.8 Å². The van der Waals surface area contributed by atoms with Crippen LogP contribution in [0.4, 0.5) is 4.39 Å². The Balaban J connectivity index is 1.64. The number of nitrogens with zero attached hydrogens (tertiary/aromatic N) is 1. The summed E-state index contributed by atoms with van der Waals surface area (Å²) in [5, 5.41) is 0. The van der Waals surface area contributed by atoms with Crippen LogP contribution in [0.2, 0.25) is 0 Å². The molecule has 2 atom stereocenters. The molecule has 0 bridgehead atoms. The highest BCUT2D eigenvalue weighted by atomic mass is 19.1. The van der Waals surface area contributed by atoms with Gasteiger partial charge in [-0.15, -0.1) is 0 Å². The monoisotopic (exact) mass is 307 g/mol. The molecule has 120 valence electrons. The molecule has 3 rings (SSSR count). The first-order valence-electron chi connectivity index (χ1n) is 7.82. The molecule has 4 nitrogen and oxygen atoms in total. The van der Waals surface area contributed by atoms with E-state index in [1.807, 2.05) is 4.90 Å². The molecule has 2 saturated heterocycles. The molecule has 2 fully saturated rings. The highest BCUT2D eigenvalue weighted by molar-refractivity contribution is 5.79. The van der Waals surface area contributed by atoms with E-state index in [4.69, 9.17) is 9.47 Å². The summed E-state index contributed by atoms with van der Waals surface area (Å²) >= 11 is 0. The maximum Gasteiger partial charge on any atom is 0.227 e. The van der Waals surface area contributed by atoms with E-state index in [9.17, 15) is 9.18 Å². The molecule has 0 aromatic heterocycles. The van der Waals surface area contributed by atoms with Crippen molar-refractivity contribution in [3.8, 4) is 0 Å². The molecule has 1 aromatic rings. The molecule has 0 radical (unpaired) electrons. The summed E-state index contributed by atoms with van der Waals surface area (Å²) in [6.07, 6.45) is 3.00. The zero-order chi connectivity index (χ0) is 15.6. The van der Waals surface area contributed by atoms with Crippen LogP contribution in [0.5, 0.6) is 0 Å². The van der Waals surface area contributed by atoms with Crippen molar-refractivity contribution in [1.29, 1.82) is 0 Å². The molecule has 0 unspecified atom stereocenters. The Labute approximate surface area is 130 Å². The highest BCUT2D eigenvalue weighted by Crippen LogP contribution is 2.37. The first-order valence-corrected chi connectivity index (χ1v) is 7.82. The molecule has 0 saturated carbocycles. The van der Waals surface area contributed by atoms with Crippen molar-refractivity contribution in [1.82, 2.24) is 4.90 Å². The van der Waals surface area contributed by atoms with Gasteiger partial charge in [0.05, 0.1) is 12.0 Å². The summed E-state index contributed by atoms with van der Waals surface area (Å²) < 4.78 is 24.7. The van der Waals surface area contributed by atoms with Crippen LogP contribution in [0.3, 0.4) is 0 Å². The number of amides is 1. The summed E-state index contributed by atoms with van der Waals surface area (Å²) in [6.45, 7) is 2.00. The van der Waals surface area contributed by atoms with E-state index in [0.29, 0.717) is 18.7 Å². The summed E-state index contributed by atoms with van der Waals surface area (Å²) in [7, 11) is 1.68. The molecule has 1 aromatic carbocycles. The van der Waals surface area contributed by atoms with Crippen LogP contribution >= 0.6 is 0 Å². The quantitative estimate of drug-likeness (QED) is 0.859. The number of piperidine rings is 1. The van der Waals surface area contributed by atoms with Gasteiger partial charge in [-0.2, -0.15) is 0 Å². The van der Waals surface area contributed by atoms with Crippen LogP contribution in [0, 0.1) is 5.82 Å². The number of benzene rings is 1. The van der Waals surface area contributed by atoms with Crippen molar-refractivity contribution in [2.75, 3.05) is 26.8 Å². The van der Waals surface area contributed by atoms with Crippen LogP contribution in [0.1, 0.15) is 24.8 Å². The molecule has 22 heavy (non-hydrogen) atoms. The average molecular weight is 307 g/mol. The fraction of sp³-hybridized carbons (Fsp3) is 0.588. The Bertz CT molecular complexity index is 542. The third kappa shape index (κ3) is 3.01. The number of carbonyl (C=O) groups is 1.